The second-order valence-electron chi connectivity index (χ2n) is 16.7. The number of aromatic nitrogens is 5. The fraction of sp³-hybridized carbons (Fsp3) is 0. The molecule has 8 heteroatoms. The summed E-state index contributed by atoms with van der Waals surface area (Å²) < 4.78 is 19.5. The van der Waals surface area contributed by atoms with Crippen LogP contribution >= 0.6 is 0 Å². The van der Waals surface area contributed by atoms with E-state index in [0.717, 1.165) is 104 Å². The van der Waals surface area contributed by atoms with Gasteiger partial charge in [0.2, 0.25) is 8.07 Å². The molecule has 0 N–H and O–H groups in total. The van der Waals surface area contributed by atoms with Crippen molar-refractivity contribution in [2.45, 2.75) is 0 Å². The molecule has 0 unspecified atom stereocenters. The zero-order valence-electron chi connectivity index (χ0n) is 34.8. The number of furan rings is 2. The molecule has 14 aromatic rings. The summed E-state index contributed by atoms with van der Waals surface area (Å²) in [5, 5.41) is 13.1. The van der Waals surface area contributed by atoms with Crippen molar-refractivity contribution in [1.29, 1.82) is 0 Å². The van der Waals surface area contributed by atoms with E-state index in [1.165, 1.54) is 15.8 Å². The van der Waals surface area contributed by atoms with Crippen LogP contribution in [0.2, 0.25) is 0 Å². The molecule has 0 bridgehead atoms. The van der Waals surface area contributed by atoms with Crippen molar-refractivity contribution in [1.82, 2.24) is 24.1 Å². The first kappa shape index (κ1) is 35.9. The molecule has 0 saturated heterocycles. The summed E-state index contributed by atoms with van der Waals surface area (Å²) in [6, 6.07) is 64.7. The van der Waals surface area contributed by atoms with E-state index >= 15 is 0 Å². The van der Waals surface area contributed by atoms with Crippen LogP contribution in [0.1, 0.15) is 0 Å². The number of nitrogens with zero attached hydrogens (tertiary/aromatic N) is 5. The highest BCUT2D eigenvalue weighted by Gasteiger charge is 2.47. The third-order valence-corrected chi connectivity index (χ3v) is 18.2. The molecule has 7 aromatic heterocycles. The fourth-order valence-corrected chi connectivity index (χ4v) is 15.6. The predicted molar refractivity (Wildman–Crippen MR) is 267 cm³/mol. The lowest BCUT2D eigenvalue weighted by molar-refractivity contribution is 0.667. The van der Waals surface area contributed by atoms with Crippen molar-refractivity contribution < 1.29 is 8.83 Å². The Balaban J connectivity index is 1.10. The average Bonchev–Trinajstić information content (AvgIpc) is 4.14. The molecule has 304 valence electrons. The molecular formula is C57H35N5O2Si. The van der Waals surface area contributed by atoms with E-state index < -0.39 is 8.07 Å². The van der Waals surface area contributed by atoms with Gasteiger partial charge in [-0.2, -0.15) is 0 Å². The minimum absolute atomic E-state index is 0.764. The summed E-state index contributed by atoms with van der Waals surface area (Å²) in [6.07, 6.45) is 9.59. The summed E-state index contributed by atoms with van der Waals surface area (Å²) in [5.74, 6) is 0. The summed E-state index contributed by atoms with van der Waals surface area (Å²) in [5.41, 5.74) is 9.34. The third-order valence-electron chi connectivity index (χ3n) is 13.5. The van der Waals surface area contributed by atoms with Crippen LogP contribution in [0.25, 0.3) is 98.9 Å². The Morgan fingerprint density at radius 1 is 0.338 bits per heavy atom. The van der Waals surface area contributed by atoms with Gasteiger partial charge in [0, 0.05) is 61.7 Å². The van der Waals surface area contributed by atoms with Crippen LogP contribution in [0.3, 0.4) is 0 Å². The van der Waals surface area contributed by atoms with Crippen LogP contribution < -0.4 is 20.9 Å². The number of pyridine rings is 3. The first-order chi connectivity index (χ1) is 32.3. The molecule has 7 aromatic carbocycles. The monoisotopic (exact) mass is 849 g/mol. The van der Waals surface area contributed by atoms with Crippen LogP contribution in [0.5, 0.6) is 0 Å². The minimum atomic E-state index is -3.43. The largest absolute Gasteiger partial charge is 0.454 e. The quantitative estimate of drug-likeness (QED) is 0.123. The van der Waals surface area contributed by atoms with E-state index in [4.69, 9.17) is 13.8 Å². The van der Waals surface area contributed by atoms with Gasteiger partial charge in [0.05, 0.1) is 51.2 Å². The molecule has 7 nitrogen and oxygen atoms in total. The van der Waals surface area contributed by atoms with E-state index in [1.54, 1.807) is 0 Å². The number of benzene rings is 7. The standard InChI is InChI=1S/C57H35N5O2Si/c1-3-14-36(15-4-1)65(37-16-5-2-6-17-37,52-27-13-22-44-42-20-11-25-48(53(42)63-55(44)52)61-46-23-9-7-18-38(46)40-28-31-58-34-50(40)61)57-56-45(30-33-60-57)43-21-12-26-49(54(43)64-56)62-47-24-10-8-19-39(47)41-29-32-59-35-51(41)62/h1-35H. The molecule has 0 saturated carbocycles. The molecule has 0 aliphatic rings. The normalized spacial score (nSPS) is 12.3. The molecule has 65 heavy (non-hydrogen) atoms. The van der Waals surface area contributed by atoms with Crippen molar-refractivity contribution >= 4 is 116 Å². The van der Waals surface area contributed by atoms with Crippen molar-refractivity contribution in [3.05, 3.63) is 213 Å². The maximum absolute atomic E-state index is 7.45. The molecule has 14 rings (SSSR count). The smallest absolute Gasteiger partial charge is 0.210 e. The van der Waals surface area contributed by atoms with Crippen molar-refractivity contribution in [2.75, 3.05) is 0 Å². The number of rotatable bonds is 6. The molecule has 0 radical (unpaired) electrons. The lowest BCUT2D eigenvalue weighted by atomic mass is 10.1. The van der Waals surface area contributed by atoms with E-state index in [9.17, 15) is 0 Å². The van der Waals surface area contributed by atoms with Crippen molar-refractivity contribution in [3.8, 4) is 11.4 Å². The topological polar surface area (TPSA) is 74.8 Å². The van der Waals surface area contributed by atoms with Crippen molar-refractivity contribution in [2.24, 2.45) is 0 Å². The van der Waals surface area contributed by atoms with Gasteiger partial charge in [0.25, 0.3) is 0 Å². The Morgan fingerprint density at radius 2 is 0.769 bits per heavy atom. The maximum atomic E-state index is 7.45. The SMILES string of the molecule is c1ccc([Si](c2ccccc2)(c2cccc3c2oc2c(-n4c5ccccc5c5ccncc54)cccc23)c2nccc3c2oc2c(-n4c5ccccc5c5ccncc54)cccc23)cc1. The van der Waals surface area contributed by atoms with Crippen LogP contribution in [-0.4, -0.2) is 32.2 Å². The zero-order valence-corrected chi connectivity index (χ0v) is 35.8. The molecule has 0 aliphatic carbocycles. The van der Waals surface area contributed by atoms with Gasteiger partial charge in [0.1, 0.15) is 5.58 Å². The van der Waals surface area contributed by atoms with Crippen LogP contribution in [0, 0.1) is 0 Å². The second kappa shape index (κ2) is 13.7. The van der Waals surface area contributed by atoms with Crippen LogP contribution in [0.4, 0.5) is 0 Å². The lowest BCUT2D eigenvalue weighted by Crippen LogP contribution is -2.75. The van der Waals surface area contributed by atoms with Crippen LogP contribution in [0.15, 0.2) is 222 Å². The van der Waals surface area contributed by atoms with E-state index in [2.05, 4.69) is 201 Å². The zero-order chi connectivity index (χ0) is 42.6. The summed E-state index contributed by atoms with van der Waals surface area (Å²) in [6.45, 7) is 0. The number of hydrogen-bond acceptors (Lipinski definition) is 5. The summed E-state index contributed by atoms with van der Waals surface area (Å²) in [4.78, 5) is 14.6. The van der Waals surface area contributed by atoms with Crippen LogP contribution in [-0.2, 0) is 0 Å². The van der Waals surface area contributed by atoms with Gasteiger partial charge < -0.3 is 18.0 Å². The third kappa shape index (κ3) is 4.91. The molecule has 7 heterocycles. The van der Waals surface area contributed by atoms with Gasteiger partial charge in [-0.25, -0.2) is 0 Å². The number of fused-ring (bicyclic) bond motifs is 12. The highest BCUT2D eigenvalue weighted by atomic mass is 28.3. The highest BCUT2D eigenvalue weighted by Crippen LogP contribution is 2.40. The molecule has 0 spiro atoms. The van der Waals surface area contributed by atoms with Gasteiger partial charge in [0.15, 0.2) is 16.7 Å². The average molecular weight is 850 g/mol. The van der Waals surface area contributed by atoms with Gasteiger partial charge >= 0.3 is 0 Å². The first-order valence-electron chi connectivity index (χ1n) is 21.8. The number of para-hydroxylation sites is 5. The maximum Gasteiger partial charge on any atom is 0.210 e. The Kier molecular flexibility index (Phi) is 7.58. The van der Waals surface area contributed by atoms with Gasteiger partial charge in [-0.3, -0.25) is 15.0 Å². The van der Waals surface area contributed by atoms with E-state index in [1.807, 2.05) is 31.0 Å². The highest BCUT2D eigenvalue weighted by molar-refractivity contribution is 7.21. The Hall–Kier alpha value is -8.59. The number of hydrogen-bond donors (Lipinski definition) is 0. The fourth-order valence-electron chi connectivity index (χ4n) is 10.8. The predicted octanol–water partition coefficient (Wildman–Crippen LogP) is 11.2. The molecule has 0 fully saturated rings. The summed E-state index contributed by atoms with van der Waals surface area (Å²) in [7, 11) is -3.43. The van der Waals surface area contributed by atoms with Crippen molar-refractivity contribution in [3.63, 3.8) is 0 Å². The first-order valence-corrected chi connectivity index (χ1v) is 23.8. The lowest BCUT2D eigenvalue weighted by Gasteiger charge is -2.33. The van der Waals surface area contributed by atoms with Gasteiger partial charge in [-0.05, 0) is 58.0 Å². The Labute approximate surface area is 372 Å². The molecule has 0 aliphatic heterocycles. The molecular weight excluding hydrogens is 815 g/mol. The Bertz CT molecular complexity index is 3830. The minimum Gasteiger partial charge on any atom is -0.454 e. The van der Waals surface area contributed by atoms with Gasteiger partial charge in [-0.1, -0.05) is 140 Å². The van der Waals surface area contributed by atoms with Gasteiger partial charge in [-0.15, -0.1) is 0 Å². The Morgan fingerprint density at radius 3 is 1.34 bits per heavy atom. The molecule has 0 amide bonds. The van der Waals surface area contributed by atoms with E-state index in [0.29, 0.717) is 0 Å². The summed E-state index contributed by atoms with van der Waals surface area (Å²) >= 11 is 0. The molecule has 0 atom stereocenters. The second-order valence-corrected chi connectivity index (χ2v) is 20.4. The van der Waals surface area contributed by atoms with E-state index in [-0.39, 0.29) is 0 Å².